The van der Waals surface area contributed by atoms with Crippen molar-refractivity contribution in [2.24, 2.45) is 0 Å². The third-order valence-electron chi connectivity index (χ3n) is 5.06. The number of para-hydroxylation sites is 1. The van der Waals surface area contributed by atoms with E-state index in [4.69, 9.17) is 0 Å². The van der Waals surface area contributed by atoms with Gasteiger partial charge in [-0.15, -0.1) is 10.2 Å². The van der Waals surface area contributed by atoms with E-state index in [0.29, 0.717) is 17.6 Å². The van der Waals surface area contributed by atoms with E-state index in [1.165, 1.54) is 30.2 Å². The van der Waals surface area contributed by atoms with Crippen molar-refractivity contribution in [1.82, 2.24) is 14.8 Å². The molecule has 2 aromatic carbocycles. The summed E-state index contributed by atoms with van der Waals surface area (Å²) in [5.74, 6) is 2.19. The van der Waals surface area contributed by atoms with Gasteiger partial charge >= 0.3 is 0 Å². The van der Waals surface area contributed by atoms with Crippen LogP contribution in [-0.4, -0.2) is 26.4 Å². The van der Waals surface area contributed by atoms with Gasteiger partial charge in [-0.3, -0.25) is 4.79 Å². The number of hydrogen-bond acceptors (Lipinski definition) is 4. The van der Waals surface area contributed by atoms with Crippen molar-refractivity contribution in [2.45, 2.75) is 50.2 Å². The van der Waals surface area contributed by atoms with Crippen LogP contribution >= 0.6 is 11.8 Å². The lowest BCUT2D eigenvalue weighted by atomic mass is 10.0. The summed E-state index contributed by atoms with van der Waals surface area (Å²) in [5.41, 5.74) is 3.25. The number of aromatic nitrogens is 3. The highest BCUT2D eigenvalue weighted by atomic mass is 32.2. The Labute approximate surface area is 175 Å². The average Bonchev–Trinajstić information content (AvgIpc) is 3.49. The van der Waals surface area contributed by atoms with Gasteiger partial charge in [0.1, 0.15) is 5.82 Å². The van der Waals surface area contributed by atoms with Crippen molar-refractivity contribution < 1.29 is 4.79 Å². The molecule has 0 spiro atoms. The lowest BCUT2D eigenvalue weighted by Gasteiger charge is -2.14. The van der Waals surface area contributed by atoms with Gasteiger partial charge < -0.3 is 9.88 Å². The Morgan fingerprint density at radius 3 is 2.55 bits per heavy atom. The Morgan fingerprint density at radius 1 is 1.10 bits per heavy atom. The lowest BCUT2D eigenvalue weighted by Crippen LogP contribution is -2.16. The topological polar surface area (TPSA) is 59.8 Å². The minimum atomic E-state index is -0.0228. The van der Waals surface area contributed by atoms with Crippen LogP contribution in [0, 0.1) is 0 Å². The van der Waals surface area contributed by atoms with Crippen molar-refractivity contribution in [2.75, 3.05) is 11.1 Å². The number of carbonyl (C=O) groups is 1. The molecule has 0 unspecified atom stereocenters. The molecule has 5 nitrogen and oxygen atoms in total. The average molecular weight is 407 g/mol. The van der Waals surface area contributed by atoms with Gasteiger partial charge in [-0.1, -0.05) is 74.1 Å². The standard InChI is InChI=1S/C23H26N4OS/c1-16(2)19-10-6-7-11-20(19)24-21(28)15-29-23-26-25-22(18-12-13-18)27(23)14-17-8-4-3-5-9-17/h3-11,16,18H,12-15H2,1-2H3,(H,24,28). The largest absolute Gasteiger partial charge is 0.325 e. The van der Waals surface area contributed by atoms with E-state index in [0.717, 1.165) is 28.8 Å². The minimum absolute atomic E-state index is 0.0228. The normalized spacial score (nSPS) is 13.6. The summed E-state index contributed by atoms with van der Waals surface area (Å²) in [6.07, 6.45) is 2.34. The Kier molecular flexibility index (Phi) is 6.00. The van der Waals surface area contributed by atoms with Crippen molar-refractivity contribution in [1.29, 1.82) is 0 Å². The van der Waals surface area contributed by atoms with Gasteiger partial charge in [-0.2, -0.15) is 0 Å². The summed E-state index contributed by atoms with van der Waals surface area (Å²) in [6.45, 7) is 5.00. The fourth-order valence-electron chi connectivity index (χ4n) is 3.40. The number of nitrogens with zero attached hydrogens (tertiary/aromatic N) is 3. The lowest BCUT2D eigenvalue weighted by molar-refractivity contribution is -0.113. The highest BCUT2D eigenvalue weighted by molar-refractivity contribution is 7.99. The van der Waals surface area contributed by atoms with E-state index >= 15 is 0 Å². The van der Waals surface area contributed by atoms with Crippen LogP contribution in [0.3, 0.4) is 0 Å². The van der Waals surface area contributed by atoms with Gasteiger partial charge in [-0.25, -0.2) is 0 Å². The van der Waals surface area contributed by atoms with Crippen LogP contribution < -0.4 is 5.32 Å². The molecule has 1 aliphatic rings. The molecule has 150 valence electrons. The first-order valence-electron chi connectivity index (χ1n) is 10.1. The molecule has 1 N–H and O–H groups in total. The number of hydrogen-bond donors (Lipinski definition) is 1. The number of nitrogens with one attached hydrogen (secondary N) is 1. The van der Waals surface area contributed by atoms with Crippen molar-refractivity contribution in [3.63, 3.8) is 0 Å². The van der Waals surface area contributed by atoms with Gasteiger partial charge in [0.2, 0.25) is 5.91 Å². The molecule has 0 atom stereocenters. The summed E-state index contributed by atoms with van der Waals surface area (Å²) < 4.78 is 2.17. The second kappa shape index (κ2) is 8.82. The molecule has 29 heavy (non-hydrogen) atoms. The van der Waals surface area contributed by atoms with Gasteiger partial charge in [0, 0.05) is 11.6 Å². The van der Waals surface area contributed by atoms with Crippen LogP contribution in [0.1, 0.15) is 55.5 Å². The summed E-state index contributed by atoms with van der Waals surface area (Å²) in [7, 11) is 0. The van der Waals surface area contributed by atoms with Crippen LogP contribution in [0.4, 0.5) is 5.69 Å². The van der Waals surface area contributed by atoms with E-state index in [-0.39, 0.29) is 5.91 Å². The Bertz CT molecular complexity index is 980. The zero-order valence-corrected chi connectivity index (χ0v) is 17.7. The Hall–Kier alpha value is -2.60. The van der Waals surface area contributed by atoms with Crippen molar-refractivity contribution >= 4 is 23.4 Å². The maximum absolute atomic E-state index is 12.6. The van der Waals surface area contributed by atoms with E-state index in [1.54, 1.807) is 0 Å². The highest BCUT2D eigenvalue weighted by Crippen LogP contribution is 2.40. The molecule has 0 saturated heterocycles. The zero-order valence-electron chi connectivity index (χ0n) is 16.8. The molecule has 1 amide bonds. The predicted molar refractivity (Wildman–Crippen MR) is 117 cm³/mol. The molecule has 1 aliphatic carbocycles. The van der Waals surface area contributed by atoms with Crippen LogP contribution in [0.15, 0.2) is 59.8 Å². The van der Waals surface area contributed by atoms with Gasteiger partial charge in [0.05, 0.1) is 12.3 Å². The molecule has 4 rings (SSSR count). The van der Waals surface area contributed by atoms with Crippen molar-refractivity contribution in [3.05, 3.63) is 71.5 Å². The van der Waals surface area contributed by atoms with Gasteiger partial charge in [0.25, 0.3) is 0 Å². The first-order chi connectivity index (χ1) is 14.1. The molecule has 0 bridgehead atoms. The SMILES string of the molecule is CC(C)c1ccccc1NC(=O)CSc1nnc(C2CC2)n1Cc1ccccc1. The summed E-state index contributed by atoms with van der Waals surface area (Å²) in [5, 5.41) is 12.7. The number of benzene rings is 2. The number of anilines is 1. The molecule has 1 fully saturated rings. The third kappa shape index (κ3) is 4.88. The molecule has 1 saturated carbocycles. The number of amides is 1. The molecule has 6 heteroatoms. The van der Waals surface area contributed by atoms with Crippen LogP contribution in [0.25, 0.3) is 0 Å². The van der Waals surface area contributed by atoms with Crippen LogP contribution in [-0.2, 0) is 11.3 Å². The quantitative estimate of drug-likeness (QED) is 0.531. The minimum Gasteiger partial charge on any atom is -0.325 e. The first kappa shape index (κ1) is 19.7. The smallest absolute Gasteiger partial charge is 0.234 e. The van der Waals surface area contributed by atoms with E-state index in [2.05, 4.69) is 52.1 Å². The Morgan fingerprint density at radius 2 is 1.83 bits per heavy atom. The molecule has 1 heterocycles. The highest BCUT2D eigenvalue weighted by Gasteiger charge is 2.30. The molecule has 1 aromatic heterocycles. The van der Waals surface area contributed by atoms with E-state index < -0.39 is 0 Å². The predicted octanol–water partition coefficient (Wildman–Crippen LogP) is 5.06. The van der Waals surface area contributed by atoms with Crippen LogP contribution in [0.5, 0.6) is 0 Å². The fourth-order valence-corrected chi connectivity index (χ4v) is 4.14. The molecule has 0 aliphatic heterocycles. The monoisotopic (exact) mass is 406 g/mol. The Balaban J connectivity index is 1.45. The summed E-state index contributed by atoms with van der Waals surface area (Å²) in [4.78, 5) is 12.6. The summed E-state index contributed by atoms with van der Waals surface area (Å²) in [6, 6.07) is 18.3. The van der Waals surface area contributed by atoms with Crippen LogP contribution in [0.2, 0.25) is 0 Å². The number of carbonyl (C=O) groups excluding carboxylic acids is 1. The van der Waals surface area contributed by atoms with E-state index in [1.807, 2.05) is 36.4 Å². The second-order valence-electron chi connectivity index (χ2n) is 7.77. The van der Waals surface area contributed by atoms with Gasteiger partial charge in [-0.05, 0) is 36.0 Å². The number of thioether (sulfide) groups is 1. The first-order valence-corrected chi connectivity index (χ1v) is 11.1. The van der Waals surface area contributed by atoms with E-state index in [9.17, 15) is 4.79 Å². The maximum Gasteiger partial charge on any atom is 0.234 e. The third-order valence-corrected chi connectivity index (χ3v) is 6.03. The summed E-state index contributed by atoms with van der Waals surface area (Å²) >= 11 is 1.45. The molecule has 3 aromatic rings. The molecular weight excluding hydrogens is 380 g/mol. The fraction of sp³-hybridized carbons (Fsp3) is 0.348. The zero-order chi connectivity index (χ0) is 20.2. The van der Waals surface area contributed by atoms with Gasteiger partial charge in [0.15, 0.2) is 5.16 Å². The second-order valence-corrected chi connectivity index (χ2v) is 8.71. The van der Waals surface area contributed by atoms with Crippen molar-refractivity contribution in [3.8, 4) is 0 Å². The molecular formula is C23H26N4OS. The molecule has 0 radical (unpaired) electrons. The maximum atomic E-state index is 12.6. The number of rotatable bonds is 8.